The number of nitrogens with zero attached hydrogens (tertiary/aromatic N) is 2. The van der Waals surface area contributed by atoms with Crippen LogP contribution in [0.15, 0.2) is 6.33 Å². The fraction of sp³-hybridized carbons (Fsp3) is 0.750. The molecule has 0 aromatic carbocycles. The summed E-state index contributed by atoms with van der Waals surface area (Å²) in [6, 6.07) is 0. The molecule has 0 bridgehead atoms. The molecule has 4 N–H and O–H groups in total. The fourth-order valence-electron chi connectivity index (χ4n) is 2.39. The molecule has 2 rings (SSSR count). The van der Waals surface area contributed by atoms with Gasteiger partial charge in [-0.1, -0.05) is 19.3 Å². The first-order valence-corrected chi connectivity index (χ1v) is 6.62. The molecule has 1 aromatic heterocycles. The molecular formula is C12H21N5O. The minimum atomic E-state index is -0.634. The molecule has 1 aliphatic carbocycles. The molecule has 0 unspecified atom stereocenters. The van der Waals surface area contributed by atoms with Crippen LogP contribution in [0.25, 0.3) is 0 Å². The van der Waals surface area contributed by atoms with Gasteiger partial charge in [0, 0.05) is 13.0 Å². The predicted molar refractivity (Wildman–Crippen MR) is 67.7 cm³/mol. The second-order valence-corrected chi connectivity index (χ2v) is 5.01. The van der Waals surface area contributed by atoms with E-state index in [1.54, 1.807) is 0 Å². The maximum atomic E-state index is 12.0. The average molecular weight is 251 g/mol. The summed E-state index contributed by atoms with van der Waals surface area (Å²) in [5.41, 5.74) is 5.50. The Morgan fingerprint density at radius 2 is 2.22 bits per heavy atom. The number of H-pyrrole nitrogens is 1. The Labute approximate surface area is 107 Å². The van der Waals surface area contributed by atoms with Crippen molar-refractivity contribution in [2.24, 2.45) is 5.73 Å². The van der Waals surface area contributed by atoms with Crippen LogP contribution in [0, 0.1) is 0 Å². The van der Waals surface area contributed by atoms with Gasteiger partial charge < -0.3 is 11.1 Å². The van der Waals surface area contributed by atoms with Gasteiger partial charge in [-0.3, -0.25) is 9.89 Å². The van der Waals surface area contributed by atoms with Gasteiger partial charge in [0.2, 0.25) is 5.91 Å². The van der Waals surface area contributed by atoms with Crippen molar-refractivity contribution in [3.63, 3.8) is 0 Å². The number of rotatable bonds is 5. The number of nitrogens with one attached hydrogen (secondary N) is 2. The number of aromatic amines is 1. The van der Waals surface area contributed by atoms with Gasteiger partial charge in [0.1, 0.15) is 12.2 Å². The van der Waals surface area contributed by atoms with Crippen LogP contribution in [-0.2, 0) is 11.2 Å². The summed E-state index contributed by atoms with van der Waals surface area (Å²) in [7, 11) is 0. The third-order valence-corrected chi connectivity index (χ3v) is 3.54. The molecule has 6 heteroatoms. The highest BCUT2D eigenvalue weighted by molar-refractivity contribution is 5.86. The lowest BCUT2D eigenvalue weighted by Crippen LogP contribution is -2.55. The minimum Gasteiger partial charge on any atom is -0.354 e. The van der Waals surface area contributed by atoms with Crippen molar-refractivity contribution in [1.82, 2.24) is 20.5 Å². The number of carbonyl (C=O) groups excluding carboxylic acids is 1. The summed E-state index contributed by atoms with van der Waals surface area (Å²) >= 11 is 0. The molecule has 1 fully saturated rings. The van der Waals surface area contributed by atoms with Gasteiger partial charge in [-0.2, -0.15) is 5.10 Å². The number of amides is 1. The van der Waals surface area contributed by atoms with E-state index in [1.807, 2.05) is 0 Å². The summed E-state index contributed by atoms with van der Waals surface area (Å²) in [5, 5.41) is 9.50. The van der Waals surface area contributed by atoms with Crippen LogP contribution in [-0.4, -0.2) is 33.2 Å². The maximum absolute atomic E-state index is 12.0. The molecule has 100 valence electrons. The Bertz CT molecular complexity index is 370. The van der Waals surface area contributed by atoms with E-state index in [2.05, 4.69) is 20.5 Å². The number of aryl methyl sites for hydroxylation is 1. The molecular weight excluding hydrogens is 230 g/mol. The molecule has 1 aliphatic rings. The quantitative estimate of drug-likeness (QED) is 0.664. The van der Waals surface area contributed by atoms with Crippen LogP contribution >= 0.6 is 0 Å². The van der Waals surface area contributed by atoms with Crippen LogP contribution in [0.2, 0.25) is 0 Å². The Kier molecular flexibility index (Phi) is 4.30. The third-order valence-electron chi connectivity index (χ3n) is 3.54. The summed E-state index contributed by atoms with van der Waals surface area (Å²) in [6.45, 7) is 0.637. The SMILES string of the molecule is NC1(C(=O)NCCCc2ncn[nH]2)CCCCC1. The lowest BCUT2D eigenvalue weighted by Gasteiger charge is -2.31. The van der Waals surface area contributed by atoms with Gasteiger partial charge in [0.05, 0.1) is 5.54 Å². The second kappa shape index (κ2) is 5.95. The van der Waals surface area contributed by atoms with E-state index in [0.29, 0.717) is 6.54 Å². The molecule has 0 aliphatic heterocycles. The Hall–Kier alpha value is -1.43. The number of carbonyl (C=O) groups is 1. The zero-order chi connectivity index (χ0) is 12.8. The Balaban J connectivity index is 1.68. The molecule has 18 heavy (non-hydrogen) atoms. The summed E-state index contributed by atoms with van der Waals surface area (Å²) in [6.07, 6.45) is 8.04. The number of hydrogen-bond donors (Lipinski definition) is 3. The summed E-state index contributed by atoms with van der Waals surface area (Å²) < 4.78 is 0. The summed E-state index contributed by atoms with van der Waals surface area (Å²) in [4.78, 5) is 16.0. The smallest absolute Gasteiger partial charge is 0.240 e. The molecule has 6 nitrogen and oxygen atoms in total. The van der Waals surface area contributed by atoms with Crippen molar-refractivity contribution < 1.29 is 4.79 Å². The molecule has 0 spiro atoms. The minimum absolute atomic E-state index is 0.000213. The van der Waals surface area contributed by atoms with Crippen molar-refractivity contribution in [3.05, 3.63) is 12.2 Å². The first kappa shape index (κ1) is 13.0. The molecule has 1 heterocycles. The van der Waals surface area contributed by atoms with Crippen LogP contribution in [0.1, 0.15) is 44.3 Å². The normalized spacial score (nSPS) is 18.5. The van der Waals surface area contributed by atoms with Gasteiger partial charge in [-0.25, -0.2) is 4.98 Å². The standard InChI is InChI=1S/C12H21N5O/c13-12(6-2-1-3-7-12)11(18)14-8-4-5-10-15-9-16-17-10/h9H,1-8,13H2,(H,14,18)(H,15,16,17). The van der Waals surface area contributed by atoms with Crippen LogP contribution < -0.4 is 11.1 Å². The van der Waals surface area contributed by atoms with Gasteiger partial charge in [0.25, 0.3) is 0 Å². The molecule has 0 atom stereocenters. The van der Waals surface area contributed by atoms with E-state index in [0.717, 1.165) is 44.3 Å². The monoisotopic (exact) mass is 251 g/mol. The third kappa shape index (κ3) is 3.29. The Morgan fingerprint density at radius 1 is 1.44 bits per heavy atom. The van der Waals surface area contributed by atoms with Crippen molar-refractivity contribution in [2.45, 2.75) is 50.5 Å². The lowest BCUT2D eigenvalue weighted by molar-refractivity contribution is -0.127. The van der Waals surface area contributed by atoms with Crippen molar-refractivity contribution in [3.8, 4) is 0 Å². The van der Waals surface area contributed by atoms with Gasteiger partial charge in [-0.15, -0.1) is 0 Å². The van der Waals surface area contributed by atoms with E-state index >= 15 is 0 Å². The molecule has 1 aromatic rings. The highest BCUT2D eigenvalue weighted by Crippen LogP contribution is 2.25. The first-order valence-electron chi connectivity index (χ1n) is 6.62. The summed E-state index contributed by atoms with van der Waals surface area (Å²) in [5.74, 6) is 0.851. The Morgan fingerprint density at radius 3 is 2.89 bits per heavy atom. The van der Waals surface area contributed by atoms with E-state index in [9.17, 15) is 4.79 Å². The molecule has 0 saturated heterocycles. The second-order valence-electron chi connectivity index (χ2n) is 5.01. The molecule has 0 radical (unpaired) electrons. The molecule has 1 saturated carbocycles. The lowest BCUT2D eigenvalue weighted by atomic mass is 9.82. The van der Waals surface area contributed by atoms with E-state index in [1.165, 1.54) is 12.7 Å². The van der Waals surface area contributed by atoms with Crippen molar-refractivity contribution >= 4 is 5.91 Å². The zero-order valence-corrected chi connectivity index (χ0v) is 10.6. The fourth-order valence-corrected chi connectivity index (χ4v) is 2.39. The van der Waals surface area contributed by atoms with E-state index < -0.39 is 5.54 Å². The van der Waals surface area contributed by atoms with E-state index in [4.69, 9.17) is 5.73 Å². The largest absolute Gasteiger partial charge is 0.354 e. The predicted octanol–water partition coefficient (Wildman–Crippen LogP) is 0.515. The van der Waals surface area contributed by atoms with Crippen LogP contribution in [0.5, 0.6) is 0 Å². The maximum Gasteiger partial charge on any atom is 0.240 e. The van der Waals surface area contributed by atoms with Crippen molar-refractivity contribution in [2.75, 3.05) is 6.54 Å². The average Bonchev–Trinajstić information content (AvgIpc) is 2.88. The van der Waals surface area contributed by atoms with Gasteiger partial charge in [0.15, 0.2) is 0 Å². The highest BCUT2D eigenvalue weighted by Gasteiger charge is 2.34. The van der Waals surface area contributed by atoms with E-state index in [-0.39, 0.29) is 5.91 Å². The number of hydrogen-bond acceptors (Lipinski definition) is 4. The number of aromatic nitrogens is 3. The zero-order valence-electron chi connectivity index (χ0n) is 10.6. The van der Waals surface area contributed by atoms with Crippen LogP contribution in [0.4, 0.5) is 0 Å². The van der Waals surface area contributed by atoms with Crippen LogP contribution in [0.3, 0.4) is 0 Å². The first-order chi connectivity index (χ1) is 8.71. The topological polar surface area (TPSA) is 96.7 Å². The number of nitrogens with two attached hydrogens (primary N) is 1. The molecule has 1 amide bonds. The van der Waals surface area contributed by atoms with Gasteiger partial charge >= 0.3 is 0 Å². The van der Waals surface area contributed by atoms with Gasteiger partial charge in [-0.05, 0) is 19.3 Å². The van der Waals surface area contributed by atoms with Crippen molar-refractivity contribution in [1.29, 1.82) is 0 Å². The highest BCUT2D eigenvalue weighted by atomic mass is 16.2.